The Balaban J connectivity index is 1.29. The van der Waals surface area contributed by atoms with Crippen molar-refractivity contribution in [2.45, 2.75) is 30.2 Å². The van der Waals surface area contributed by atoms with Gasteiger partial charge in [-0.15, -0.1) is 10.2 Å². The van der Waals surface area contributed by atoms with Crippen LogP contribution in [-0.2, 0) is 21.2 Å². The monoisotopic (exact) mass is 545 g/mol. The van der Waals surface area contributed by atoms with Crippen LogP contribution in [0.5, 0.6) is 0 Å². The molecule has 0 saturated heterocycles. The normalized spacial score (nSPS) is 14.1. The molecule has 0 spiro atoms. The number of aliphatic imine (C=N–C) groups is 1. The Labute approximate surface area is 217 Å². The molecule has 0 radical (unpaired) electrons. The molecule has 0 fully saturated rings. The summed E-state index contributed by atoms with van der Waals surface area (Å²) in [6, 6.07) is 10.1. The van der Waals surface area contributed by atoms with Crippen LogP contribution in [0.3, 0.4) is 0 Å². The van der Waals surface area contributed by atoms with E-state index in [4.69, 9.17) is 0 Å². The first-order valence-electron chi connectivity index (χ1n) is 11.7. The lowest BCUT2D eigenvalue weighted by Crippen LogP contribution is -2.48. The first-order valence-corrected chi connectivity index (χ1v) is 14.0. The molecule has 1 aromatic heterocycles. The fourth-order valence-corrected chi connectivity index (χ4v) is 5.92. The predicted molar refractivity (Wildman–Crippen MR) is 139 cm³/mol. The summed E-state index contributed by atoms with van der Waals surface area (Å²) in [6.45, 7) is 1.93. The van der Waals surface area contributed by atoms with E-state index in [1.54, 1.807) is 36.4 Å². The minimum Gasteiger partial charge on any atom is -0.480 e. The number of hydrogen-bond donors (Lipinski definition) is 5. The number of unbranched alkanes of at least 4 members (excludes halogenated alkanes) is 1. The Kier molecular flexibility index (Phi) is 8.63. The van der Waals surface area contributed by atoms with Crippen LogP contribution in [0.15, 0.2) is 52.4 Å². The van der Waals surface area contributed by atoms with E-state index in [-0.39, 0.29) is 9.90 Å². The fourth-order valence-electron chi connectivity index (χ4n) is 3.70. The van der Waals surface area contributed by atoms with Gasteiger partial charge in [-0.1, -0.05) is 47.7 Å². The van der Waals surface area contributed by atoms with E-state index in [0.717, 1.165) is 49.8 Å². The SMILES string of the molecule is O=C(NCC(NS(=O)(=O)c1cccc2ccccc12)C(=O)O)c1nnc(CCCCNC2=NCCN2)s1. The Morgan fingerprint density at radius 3 is 2.70 bits per heavy atom. The molecule has 0 aliphatic carbocycles. The van der Waals surface area contributed by atoms with Gasteiger partial charge in [0, 0.05) is 31.4 Å². The minimum absolute atomic E-state index is 0.0420. The summed E-state index contributed by atoms with van der Waals surface area (Å²) in [4.78, 5) is 28.5. The molecule has 0 bridgehead atoms. The van der Waals surface area contributed by atoms with Crippen molar-refractivity contribution < 1.29 is 23.1 Å². The first kappa shape index (κ1) is 26.4. The Morgan fingerprint density at radius 1 is 1.11 bits per heavy atom. The number of hydrogen-bond acceptors (Lipinski definition) is 10. The number of nitrogens with zero attached hydrogens (tertiary/aromatic N) is 3. The maximum absolute atomic E-state index is 13.0. The molecular formula is C23H27N7O5S2. The molecule has 1 aliphatic heterocycles. The van der Waals surface area contributed by atoms with Gasteiger partial charge in [0.25, 0.3) is 5.91 Å². The van der Waals surface area contributed by atoms with Crippen molar-refractivity contribution in [3.8, 4) is 0 Å². The van der Waals surface area contributed by atoms with Gasteiger partial charge in [-0.25, -0.2) is 8.42 Å². The van der Waals surface area contributed by atoms with E-state index in [0.29, 0.717) is 22.2 Å². The highest BCUT2D eigenvalue weighted by atomic mass is 32.2. The lowest BCUT2D eigenvalue weighted by Gasteiger charge is -2.16. The number of carboxylic acids is 1. The van der Waals surface area contributed by atoms with Crippen LogP contribution in [0.25, 0.3) is 10.8 Å². The van der Waals surface area contributed by atoms with Gasteiger partial charge >= 0.3 is 5.97 Å². The Bertz CT molecular complexity index is 1400. The maximum Gasteiger partial charge on any atom is 0.323 e. The summed E-state index contributed by atoms with van der Waals surface area (Å²) in [5.74, 6) is -1.23. The number of aliphatic carboxylic acids is 1. The topological polar surface area (TPSA) is 175 Å². The molecular weight excluding hydrogens is 518 g/mol. The Morgan fingerprint density at radius 2 is 1.92 bits per heavy atom. The van der Waals surface area contributed by atoms with Crippen LogP contribution < -0.4 is 20.7 Å². The second-order valence-corrected chi connectivity index (χ2v) is 11.0. The number of fused-ring (bicyclic) bond motifs is 1. The van der Waals surface area contributed by atoms with Crippen LogP contribution in [0.4, 0.5) is 0 Å². The molecule has 196 valence electrons. The van der Waals surface area contributed by atoms with Gasteiger partial charge in [0.05, 0.1) is 11.4 Å². The van der Waals surface area contributed by atoms with Crippen molar-refractivity contribution in [1.82, 2.24) is 30.9 Å². The number of carbonyl (C=O) groups is 2. The third-order valence-corrected chi connectivity index (χ3v) is 8.06. The molecule has 3 aromatic rings. The third kappa shape index (κ3) is 6.99. The average Bonchev–Trinajstić information content (AvgIpc) is 3.58. The Hall–Kier alpha value is -3.62. The fraction of sp³-hybridized carbons (Fsp3) is 0.348. The molecule has 2 aromatic carbocycles. The van der Waals surface area contributed by atoms with Gasteiger partial charge < -0.3 is 21.1 Å². The second kappa shape index (κ2) is 12.1. The van der Waals surface area contributed by atoms with Crippen molar-refractivity contribution in [2.24, 2.45) is 4.99 Å². The number of amides is 1. The number of benzene rings is 2. The van der Waals surface area contributed by atoms with Crippen LogP contribution in [0.2, 0.25) is 0 Å². The number of sulfonamides is 1. The van der Waals surface area contributed by atoms with E-state index in [2.05, 4.69) is 35.9 Å². The molecule has 5 N–H and O–H groups in total. The van der Waals surface area contributed by atoms with Gasteiger partial charge in [-0.3, -0.25) is 14.6 Å². The lowest BCUT2D eigenvalue weighted by atomic mass is 10.1. The zero-order valence-electron chi connectivity index (χ0n) is 19.8. The zero-order chi connectivity index (χ0) is 26.3. The number of guanidine groups is 1. The van der Waals surface area contributed by atoms with Crippen LogP contribution in [0.1, 0.15) is 27.7 Å². The number of carboxylic acid groups (broad SMARTS) is 1. The maximum atomic E-state index is 13.0. The summed E-state index contributed by atoms with van der Waals surface area (Å²) in [6.07, 6.45) is 2.38. The summed E-state index contributed by atoms with van der Waals surface area (Å²) >= 11 is 1.12. The number of carbonyl (C=O) groups excluding carboxylic acids is 1. The standard InChI is InChI=1S/C23H27N7O5S2/c31-20(21-29-28-19(36-21)10-3-4-11-24-23-25-12-13-26-23)27-14-17(22(32)33)30-37(34,35)18-9-5-7-15-6-1-2-8-16(15)18/h1-2,5-9,17,30H,3-4,10-14H2,(H,27,31)(H,32,33)(H2,24,25,26). The van der Waals surface area contributed by atoms with Crippen LogP contribution >= 0.6 is 11.3 Å². The molecule has 12 nitrogen and oxygen atoms in total. The second-order valence-electron chi connectivity index (χ2n) is 8.24. The molecule has 1 atom stereocenters. The molecule has 1 amide bonds. The number of aryl methyl sites for hydroxylation is 1. The summed E-state index contributed by atoms with van der Waals surface area (Å²) in [7, 11) is -4.18. The number of rotatable bonds is 12. The van der Waals surface area contributed by atoms with Gasteiger partial charge in [0.1, 0.15) is 11.0 Å². The first-order chi connectivity index (χ1) is 17.8. The third-order valence-electron chi connectivity index (χ3n) is 5.55. The van der Waals surface area contributed by atoms with Crippen molar-refractivity contribution in [1.29, 1.82) is 0 Å². The summed E-state index contributed by atoms with van der Waals surface area (Å²) in [5.41, 5.74) is 0. The van der Waals surface area contributed by atoms with Crippen molar-refractivity contribution in [3.63, 3.8) is 0 Å². The van der Waals surface area contributed by atoms with E-state index in [1.807, 2.05) is 0 Å². The average molecular weight is 546 g/mol. The van der Waals surface area contributed by atoms with Crippen molar-refractivity contribution in [3.05, 3.63) is 52.5 Å². The quantitative estimate of drug-likeness (QED) is 0.205. The highest BCUT2D eigenvalue weighted by Crippen LogP contribution is 2.22. The minimum atomic E-state index is -4.18. The van der Waals surface area contributed by atoms with E-state index >= 15 is 0 Å². The number of aromatic nitrogens is 2. The number of nitrogens with one attached hydrogen (secondary N) is 4. The van der Waals surface area contributed by atoms with Gasteiger partial charge in [-0.2, -0.15) is 4.72 Å². The molecule has 1 unspecified atom stereocenters. The van der Waals surface area contributed by atoms with E-state index < -0.39 is 34.5 Å². The smallest absolute Gasteiger partial charge is 0.323 e. The van der Waals surface area contributed by atoms with Crippen LogP contribution in [0, 0.1) is 0 Å². The molecule has 1 aliphatic rings. The van der Waals surface area contributed by atoms with Gasteiger partial charge in [-0.05, 0) is 24.3 Å². The van der Waals surface area contributed by atoms with Gasteiger partial charge in [0.2, 0.25) is 15.0 Å². The largest absolute Gasteiger partial charge is 0.480 e. The highest BCUT2D eigenvalue weighted by Gasteiger charge is 2.27. The summed E-state index contributed by atoms with van der Waals surface area (Å²) in [5, 5.41) is 28.2. The molecule has 37 heavy (non-hydrogen) atoms. The molecule has 2 heterocycles. The van der Waals surface area contributed by atoms with E-state index in [9.17, 15) is 23.1 Å². The van der Waals surface area contributed by atoms with E-state index in [1.165, 1.54) is 6.07 Å². The highest BCUT2D eigenvalue weighted by molar-refractivity contribution is 7.89. The van der Waals surface area contributed by atoms with Crippen molar-refractivity contribution >= 4 is 50.0 Å². The van der Waals surface area contributed by atoms with Gasteiger partial charge in [0.15, 0.2) is 5.96 Å². The molecule has 0 saturated carbocycles. The lowest BCUT2D eigenvalue weighted by molar-refractivity contribution is -0.138. The van der Waals surface area contributed by atoms with Crippen molar-refractivity contribution in [2.75, 3.05) is 26.2 Å². The predicted octanol–water partition coefficient (Wildman–Crippen LogP) is 0.724. The molecule has 14 heteroatoms. The molecule has 4 rings (SSSR count). The zero-order valence-corrected chi connectivity index (χ0v) is 21.4. The summed E-state index contributed by atoms with van der Waals surface area (Å²) < 4.78 is 28.1. The van der Waals surface area contributed by atoms with Crippen LogP contribution in [-0.4, -0.2) is 73.8 Å².